The summed E-state index contributed by atoms with van der Waals surface area (Å²) < 4.78 is 0. The minimum atomic E-state index is -0.842. The van der Waals surface area contributed by atoms with Crippen LogP contribution in [0.25, 0.3) is 0 Å². The summed E-state index contributed by atoms with van der Waals surface area (Å²) in [7, 11) is 0. The number of rotatable bonds is 5. The monoisotopic (exact) mass is 284 g/mol. The number of carbonyl (C=O) groups is 2. The lowest BCUT2D eigenvalue weighted by Gasteiger charge is -2.17. The summed E-state index contributed by atoms with van der Waals surface area (Å²) in [6.45, 7) is 0. The zero-order chi connectivity index (χ0) is 15.1. The van der Waals surface area contributed by atoms with Gasteiger partial charge in [0.05, 0.1) is 0 Å². The molecule has 1 unspecified atom stereocenters. The van der Waals surface area contributed by atoms with Gasteiger partial charge in [0.1, 0.15) is 6.04 Å². The molecule has 0 radical (unpaired) electrons. The van der Waals surface area contributed by atoms with Crippen LogP contribution < -0.4 is 10.8 Å². The van der Waals surface area contributed by atoms with Crippen LogP contribution in [0, 0.1) is 0 Å². The molecule has 0 aromatic heterocycles. The zero-order valence-corrected chi connectivity index (χ0v) is 11.3. The predicted octanol–water partition coefficient (Wildman–Crippen LogP) is 1.53. The van der Waals surface area contributed by atoms with Gasteiger partial charge in [-0.1, -0.05) is 48.5 Å². The maximum Gasteiger partial charge on any atom is 0.266 e. The SMILES string of the molecule is O=C(NC(Cc1ccccc1)C(=O)NO)c1ccccc1. The van der Waals surface area contributed by atoms with Gasteiger partial charge in [-0.3, -0.25) is 14.8 Å². The first-order valence-electron chi connectivity index (χ1n) is 6.54. The van der Waals surface area contributed by atoms with E-state index < -0.39 is 11.9 Å². The van der Waals surface area contributed by atoms with Gasteiger partial charge in [-0.05, 0) is 17.7 Å². The molecule has 5 nitrogen and oxygen atoms in total. The summed E-state index contributed by atoms with van der Waals surface area (Å²) >= 11 is 0. The van der Waals surface area contributed by atoms with Crippen molar-refractivity contribution >= 4 is 11.8 Å². The number of nitrogens with one attached hydrogen (secondary N) is 2. The summed E-state index contributed by atoms with van der Waals surface area (Å²) in [5.74, 6) is -1.01. The summed E-state index contributed by atoms with van der Waals surface area (Å²) in [4.78, 5) is 23.8. The second-order valence-electron chi connectivity index (χ2n) is 4.56. The number of carbonyl (C=O) groups excluding carboxylic acids is 2. The van der Waals surface area contributed by atoms with Crippen LogP contribution in [0.5, 0.6) is 0 Å². The molecule has 0 saturated heterocycles. The minimum Gasteiger partial charge on any atom is -0.340 e. The van der Waals surface area contributed by atoms with Crippen molar-refractivity contribution in [1.82, 2.24) is 10.8 Å². The van der Waals surface area contributed by atoms with Crippen molar-refractivity contribution in [3.8, 4) is 0 Å². The van der Waals surface area contributed by atoms with Gasteiger partial charge in [0.15, 0.2) is 0 Å². The third kappa shape index (κ3) is 4.15. The van der Waals surface area contributed by atoms with E-state index in [9.17, 15) is 9.59 Å². The van der Waals surface area contributed by atoms with E-state index in [4.69, 9.17) is 5.21 Å². The molecular formula is C16H16N2O3. The van der Waals surface area contributed by atoms with Gasteiger partial charge in [0.25, 0.3) is 11.8 Å². The Kier molecular flexibility index (Phi) is 5.06. The highest BCUT2D eigenvalue weighted by molar-refractivity contribution is 5.97. The van der Waals surface area contributed by atoms with Crippen LogP contribution in [0.2, 0.25) is 0 Å². The summed E-state index contributed by atoms with van der Waals surface area (Å²) in [5.41, 5.74) is 2.94. The van der Waals surface area contributed by atoms with Crippen LogP contribution in [-0.4, -0.2) is 23.1 Å². The molecule has 1 atom stereocenters. The molecule has 2 aromatic carbocycles. The van der Waals surface area contributed by atoms with Gasteiger partial charge in [0, 0.05) is 12.0 Å². The molecule has 108 valence electrons. The molecule has 2 aromatic rings. The first kappa shape index (κ1) is 14.7. The maximum atomic E-state index is 12.1. The average Bonchev–Trinajstić information content (AvgIpc) is 2.55. The van der Waals surface area contributed by atoms with E-state index in [1.807, 2.05) is 30.3 Å². The molecule has 0 fully saturated rings. The quantitative estimate of drug-likeness (QED) is 0.575. The Morgan fingerprint density at radius 3 is 2.10 bits per heavy atom. The standard InChI is InChI=1S/C16H16N2O3/c19-15(13-9-5-2-6-10-13)17-14(16(20)18-21)11-12-7-3-1-4-8-12/h1-10,14,21H,11H2,(H,17,19)(H,18,20). The molecule has 2 amide bonds. The molecule has 0 heterocycles. The van der Waals surface area contributed by atoms with Gasteiger partial charge in [-0.25, -0.2) is 5.48 Å². The van der Waals surface area contributed by atoms with E-state index in [1.165, 1.54) is 0 Å². The van der Waals surface area contributed by atoms with E-state index in [1.54, 1.807) is 35.8 Å². The maximum absolute atomic E-state index is 12.1. The molecule has 2 rings (SSSR count). The first-order chi connectivity index (χ1) is 10.2. The second kappa shape index (κ2) is 7.21. The Morgan fingerprint density at radius 1 is 0.952 bits per heavy atom. The lowest BCUT2D eigenvalue weighted by atomic mass is 10.0. The molecule has 0 spiro atoms. The van der Waals surface area contributed by atoms with Crippen molar-refractivity contribution in [2.75, 3.05) is 0 Å². The number of hydrogen-bond acceptors (Lipinski definition) is 3. The third-order valence-electron chi connectivity index (χ3n) is 3.05. The van der Waals surface area contributed by atoms with Gasteiger partial charge in [-0.2, -0.15) is 0 Å². The fourth-order valence-electron chi connectivity index (χ4n) is 1.97. The van der Waals surface area contributed by atoms with Crippen molar-refractivity contribution < 1.29 is 14.8 Å². The van der Waals surface area contributed by atoms with Crippen molar-refractivity contribution in [3.63, 3.8) is 0 Å². The molecule has 0 saturated carbocycles. The third-order valence-corrected chi connectivity index (χ3v) is 3.05. The topological polar surface area (TPSA) is 78.4 Å². The molecule has 0 aliphatic rings. The van der Waals surface area contributed by atoms with Gasteiger partial charge in [0.2, 0.25) is 0 Å². The Hall–Kier alpha value is -2.66. The lowest BCUT2D eigenvalue weighted by Crippen LogP contribution is -2.47. The smallest absolute Gasteiger partial charge is 0.266 e. The minimum absolute atomic E-state index is 0.297. The van der Waals surface area contributed by atoms with Crippen LogP contribution in [-0.2, 0) is 11.2 Å². The first-order valence-corrected chi connectivity index (χ1v) is 6.54. The molecule has 0 bridgehead atoms. The molecule has 21 heavy (non-hydrogen) atoms. The number of amides is 2. The average molecular weight is 284 g/mol. The Bertz CT molecular complexity index is 599. The Labute approximate surface area is 122 Å². The van der Waals surface area contributed by atoms with E-state index in [0.717, 1.165) is 5.56 Å². The number of benzene rings is 2. The van der Waals surface area contributed by atoms with Gasteiger partial charge in [-0.15, -0.1) is 0 Å². The van der Waals surface area contributed by atoms with Crippen LogP contribution in [0.1, 0.15) is 15.9 Å². The van der Waals surface area contributed by atoms with Crippen molar-refractivity contribution in [3.05, 3.63) is 71.8 Å². The number of hydroxylamine groups is 1. The van der Waals surface area contributed by atoms with E-state index >= 15 is 0 Å². The number of hydrogen-bond donors (Lipinski definition) is 3. The highest BCUT2D eigenvalue weighted by Crippen LogP contribution is 2.05. The summed E-state index contributed by atoms with van der Waals surface area (Å²) in [6.07, 6.45) is 0.297. The van der Waals surface area contributed by atoms with Crippen molar-refractivity contribution in [2.45, 2.75) is 12.5 Å². The lowest BCUT2D eigenvalue weighted by molar-refractivity contribution is -0.131. The molecule has 0 aliphatic heterocycles. The van der Waals surface area contributed by atoms with Crippen molar-refractivity contribution in [1.29, 1.82) is 0 Å². The van der Waals surface area contributed by atoms with Crippen LogP contribution in [0.3, 0.4) is 0 Å². The molecule has 5 heteroatoms. The predicted molar refractivity (Wildman–Crippen MR) is 77.8 cm³/mol. The van der Waals surface area contributed by atoms with E-state index in [2.05, 4.69) is 5.32 Å². The van der Waals surface area contributed by atoms with Crippen LogP contribution in [0.4, 0.5) is 0 Å². The Morgan fingerprint density at radius 2 is 1.52 bits per heavy atom. The summed E-state index contributed by atoms with van der Waals surface area (Å²) in [6, 6.07) is 17.0. The van der Waals surface area contributed by atoms with Crippen LogP contribution in [0.15, 0.2) is 60.7 Å². The van der Waals surface area contributed by atoms with E-state index in [0.29, 0.717) is 12.0 Å². The molecular weight excluding hydrogens is 268 g/mol. The summed E-state index contributed by atoms with van der Waals surface area (Å²) in [5, 5.41) is 11.4. The van der Waals surface area contributed by atoms with Crippen molar-refractivity contribution in [2.24, 2.45) is 0 Å². The highest BCUT2D eigenvalue weighted by Gasteiger charge is 2.21. The second-order valence-corrected chi connectivity index (χ2v) is 4.56. The van der Waals surface area contributed by atoms with Crippen LogP contribution >= 0.6 is 0 Å². The largest absolute Gasteiger partial charge is 0.340 e. The molecule has 0 aliphatic carbocycles. The zero-order valence-electron chi connectivity index (χ0n) is 11.3. The Balaban J connectivity index is 2.10. The fourth-order valence-corrected chi connectivity index (χ4v) is 1.97. The normalized spacial score (nSPS) is 11.5. The van der Waals surface area contributed by atoms with Gasteiger partial charge < -0.3 is 5.32 Å². The highest BCUT2D eigenvalue weighted by atomic mass is 16.5. The fraction of sp³-hybridized carbons (Fsp3) is 0.125. The molecule has 3 N–H and O–H groups in total. The van der Waals surface area contributed by atoms with E-state index in [-0.39, 0.29) is 5.91 Å². The van der Waals surface area contributed by atoms with Gasteiger partial charge >= 0.3 is 0 Å².